The van der Waals surface area contributed by atoms with Crippen LogP contribution in [-0.4, -0.2) is 18.9 Å². The summed E-state index contributed by atoms with van der Waals surface area (Å²) in [5.41, 5.74) is 3.55. The van der Waals surface area contributed by atoms with Gasteiger partial charge in [0.2, 0.25) is 5.91 Å². The molecule has 0 aliphatic heterocycles. The number of rotatable bonds is 6. The number of halogens is 1. The predicted octanol–water partition coefficient (Wildman–Crippen LogP) is 5.67. The number of carbonyl (C=O) groups excluding carboxylic acids is 2. The lowest BCUT2D eigenvalue weighted by Crippen LogP contribution is -2.13. The van der Waals surface area contributed by atoms with Crippen molar-refractivity contribution < 1.29 is 14.3 Å². The number of carbonyl (C=O) groups is 2. The van der Waals surface area contributed by atoms with Gasteiger partial charge in [0, 0.05) is 33.1 Å². The number of amides is 2. The average Bonchev–Trinajstić information content (AvgIpc) is 2.75. The van der Waals surface area contributed by atoms with Crippen molar-refractivity contribution in [2.24, 2.45) is 0 Å². The molecule has 0 bridgehead atoms. The number of nitrogens with one attached hydrogen (secondary N) is 2. The second-order valence-corrected chi connectivity index (χ2v) is 7.47. The minimum Gasteiger partial charge on any atom is -0.496 e. The topological polar surface area (TPSA) is 67.4 Å². The number of hydrogen-bond acceptors (Lipinski definition) is 3. The maximum atomic E-state index is 12.3. The fourth-order valence-electron chi connectivity index (χ4n) is 2.85. The second-order valence-electron chi connectivity index (χ2n) is 6.56. The fourth-order valence-corrected chi connectivity index (χ4v) is 3.23. The van der Waals surface area contributed by atoms with Crippen LogP contribution in [-0.2, 0) is 4.79 Å². The van der Waals surface area contributed by atoms with Crippen LogP contribution >= 0.6 is 15.9 Å². The van der Waals surface area contributed by atoms with Crippen LogP contribution in [0.15, 0.2) is 77.3 Å². The third-order valence-electron chi connectivity index (χ3n) is 4.38. The van der Waals surface area contributed by atoms with E-state index in [1.54, 1.807) is 37.5 Å². The molecule has 152 valence electrons. The van der Waals surface area contributed by atoms with E-state index in [9.17, 15) is 9.59 Å². The zero-order chi connectivity index (χ0) is 21.5. The van der Waals surface area contributed by atoms with E-state index in [0.29, 0.717) is 22.7 Å². The maximum Gasteiger partial charge on any atom is 0.255 e. The second kappa shape index (κ2) is 9.89. The highest BCUT2D eigenvalue weighted by Crippen LogP contribution is 2.24. The van der Waals surface area contributed by atoms with Crippen LogP contribution < -0.4 is 15.4 Å². The molecule has 0 saturated carbocycles. The summed E-state index contributed by atoms with van der Waals surface area (Å²) in [6, 6.07) is 19.9. The SMILES string of the molecule is COc1ccc(Br)cc1/C=C/C(=O)Nc1ccc(NC(=O)c2ccccc2)c(C)c1. The summed E-state index contributed by atoms with van der Waals surface area (Å²) >= 11 is 3.41. The van der Waals surface area contributed by atoms with Crippen LogP contribution in [0.5, 0.6) is 5.75 Å². The smallest absolute Gasteiger partial charge is 0.255 e. The lowest BCUT2D eigenvalue weighted by atomic mass is 10.1. The van der Waals surface area contributed by atoms with E-state index in [0.717, 1.165) is 15.6 Å². The van der Waals surface area contributed by atoms with E-state index in [1.165, 1.54) is 6.08 Å². The van der Waals surface area contributed by atoms with Crippen molar-refractivity contribution in [3.63, 3.8) is 0 Å². The lowest BCUT2D eigenvalue weighted by Gasteiger charge is -2.11. The van der Waals surface area contributed by atoms with Crippen LogP contribution in [0.2, 0.25) is 0 Å². The molecule has 6 heteroatoms. The third-order valence-corrected chi connectivity index (χ3v) is 4.88. The van der Waals surface area contributed by atoms with Crippen molar-refractivity contribution in [1.29, 1.82) is 0 Å². The zero-order valence-corrected chi connectivity index (χ0v) is 18.2. The van der Waals surface area contributed by atoms with Crippen molar-refractivity contribution in [1.82, 2.24) is 0 Å². The number of benzene rings is 3. The summed E-state index contributed by atoms with van der Waals surface area (Å²) in [6.07, 6.45) is 3.14. The summed E-state index contributed by atoms with van der Waals surface area (Å²) in [5, 5.41) is 5.71. The number of ether oxygens (including phenoxy) is 1. The molecule has 3 rings (SSSR count). The first-order valence-corrected chi connectivity index (χ1v) is 10.1. The maximum absolute atomic E-state index is 12.3. The summed E-state index contributed by atoms with van der Waals surface area (Å²) < 4.78 is 6.20. The molecule has 0 radical (unpaired) electrons. The predicted molar refractivity (Wildman–Crippen MR) is 124 cm³/mol. The Morgan fingerprint density at radius 1 is 0.967 bits per heavy atom. The molecule has 0 atom stereocenters. The number of hydrogen-bond donors (Lipinski definition) is 2. The van der Waals surface area contributed by atoms with Crippen LogP contribution in [0.25, 0.3) is 6.08 Å². The standard InChI is InChI=1S/C24H21BrN2O3/c1-16-14-20(10-11-21(16)27-24(29)17-6-4-3-5-7-17)26-23(28)13-8-18-15-19(25)9-12-22(18)30-2/h3-15H,1-2H3,(H,26,28)(H,27,29)/b13-8+. The Hall–Kier alpha value is -3.38. The molecular weight excluding hydrogens is 444 g/mol. The Balaban J connectivity index is 1.66. The Kier molecular flexibility index (Phi) is 7.03. The minimum absolute atomic E-state index is 0.179. The Bertz CT molecular complexity index is 1090. The molecule has 5 nitrogen and oxygen atoms in total. The van der Waals surface area contributed by atoms with Gasteiger partial charge in [-0.05, 0) is 67.1 Å². The van der Waals surface area contributed by atoms with E-state index < -0.39 is 0 Å². The average molecular weight is 465 g/mol. The highest BCUT2D eigenvalue weighted by Gasteiger charge is 2.08. The van der Waals surface area contributed by atoms with Gasteiger partial charge in [-0.2, -0.15) is 0 Å². The van der Waals surface area contributed by atoms with Gasteiger partial charge in [0.05, 0.1) is 7.11 Å². The molecule has 0 saturated heterocycles. The first-order chi connectivity index (χ1) is 14.5. The van der Waals surface area contributed by atoms with Gasteiger partial charge in [0.15, 0.2) is 0 Å². The normalized spacial score (nSPS) is 10.6. The quantitative estimate of drug-likeness (QED) is 0.461. The van der Waals surface area contributed by atoms with Crippen molar-refractivity contribution >= 4 is 45.2 Å². The summed E-state index contributed by atoms with van der Waals surface area (Å²) in [6.45, 7) is 1.87. The van der Waals surface area contributed by atoms with Gasteiger partial charge in [-0.3, -0.25) is 9.59 Å². The number of methoxy groups -OCH3 is 1. The van der Waals surface area contributed by atoms with Gasteiger partial charge in [-0.1, -0.05) is 34.1 Å². The van der Waals surface area contributed by atoms with Crippen molar-refractivity contribution in [3.05, 3.63) is 94.0 Å². The van der Waals surface area contributed by atoms with E-state index in [4.69, 9.17) is 4.74 Å². The summed E-state index contributed by atoms with van der Waals surface area (Å²) in [4.78, 5) is 24.6. The molecule has 0 aliphatic rings. The Morgan fingerprint density at radius 3 is 2.43 bits per heavy atom. The van der Waals surface area contributed by atoms with Gasteiger partial charge < -0.3 is 15.4 Å². The van der Waals surface area contributed by atoms with E-state index in [1.807, 2.05) is 49.4 Å². The van der Waals surface area contributed by atoms with E-state index in [-0.39, 0.29) is 11.8 Å². The molecular formula is C24H21BrN2O3. The summed E-state index contributed by atoms with van der Waals surface area (Å²) in [7, 11) is 1.58. The van der Waals surface area contributed by atoms with E-state index >= 15 is 0 Å². The minimum atomic E-state index is -0.266. The number of anilines is 2. The summed E-state index contributed by atoms with van der Waals surface area (Å²) in [5.74, 6) is 0.232. The fraction of sp³-hybridized carbons (Fsp3) is 0.0833. The van der Waals surface area contributed by atoms with Crippen molar-refractivity contribution in [2.45, 2.75) is 6.92 Å². The van der Waals surface area contributed by atoms with Crippen LogP contribution in [0.3, 0.4) is 0 Å². The molecule has 0 aromatic heterocycles. The van der Waals surface area contributed by atoms with Gasteiger partial charge in [0.1, 0.15) is 5.75 Å². The molecule has 0 fully saturated rings. The molecule has 0 aliphatic carbocycles. The van der Waals surface area contributed by atoms with Gasteiger partial charge in [-0.25, -0.2) is 0 Å². The third kappa shape index (κ3) is 5.58. The largest absolute Gasteiger partial charge is 0.496 e. The highest BCUT2D eigenvalue weighted by atomic mass is 79.9. The molecule has 30 heavy (non-hydrogen) atoms. The highest BCUT2D eigenvalue weighted by molar-refractivity contribution is 9.10. The molecule has 0 heterocycles. The molecule has 2 amide bonds. The molecule has 3 aromatic rings. The first-order valence-electron chi connectivity index (χ1n) is 9.26. The zero-order valence-electron chi connectivity index (χ0n) is 16.6. The molecule has 3 aromatic carbocycles. The molecule has 2 N–H and O–H groups in total. The van der Waals surface area contributed by atoms with Crippen LogP contribution in [0.1, 0.15) is 21.5 Å². The van der Waals surface area contributed by atoms with Gasteiger partial charge in [0.25, 0.3) is 5.91 Å². The van der Waals surface area contributed by atoms with Gasteiger partial charge >= 0.3 is 0 Å². The van der Waals surface area contributed by atoms with Gasteiger partial charge in [-0.15, -0.1) is 0 Å². The van der Waals surface area contributed by atoms with Crippen molar-refractivity contribution in [3.8, 4) is 5.75 Å². The molecule has 0 spiro atoms. The van der Waals surface area contributed by atoms with Crippen LogP contribution in [0.4, 0.5) is 11.4 Å². The monoisotopic (exact) mass is 464 g/mol. The Labute approximate surface area is 183 Å². The van der Waals surface area contributed by atoms with E-state index in [2.05, 4.69) is 26.6 Å². The van der Waals surface area contributed by atoms with Crippen LogP contribution in [0, 0.1) is 6.92 Å². The lowest BCUT2D eigenvalue weighted by molar-refractivity contribution is -0.111. The molecule has 0 unspecified atom stereocenters. The van der Waals surface area contributed by atoms with Crippen molar-refractivity contribution in [2.75, 3.05) is 17.7 Å². The first kappa shape index (κ1) is 21.3. The number of aryl methyl sites for hydroxylation is 1. The Morgan fingerprint density at radius 2 is 1.73 bits per heavy atom.